The molecule has 1 aromatic carbocycles. The van der Waals surface area contributed by atoms with Crippen LogP contribution in [0.4, 0.5) is 5.69 Å². The third-order valence-electron chi connectivity index (χ3n) is 1.74. The first-order chi connectivity index (χ1) is 7.04. The van der Waals surface area contributed by atoms with Crippen molar-refractivity contribution in [3.63, 3.8) is 0 Å². The van der Waals surface area contributed by atoms with Gasteiger partial charge in [0.2, 0.25) is 0 Å². The van der Waals surface area contributed by atoms with Gasteiger partial charge in [-0.05, 0) is 24.6 Å². The third kappa shape index (κ3) is 3.87. The summed E-state index contributed by atoms with van der Waals surface area (Å²) in [5.74, 6) is 0. The predicted octanol–water partition coefficient (Wildman–Crippen LogP) is 5.31. The fraction of sp³-hybridized carbons (Fsp3) is 0.200. The molecule has 15 heavy (non-hydrogen) atoms. The molecule has 0 saturated carbocycles. The Hall–Kier alpha value is 0.110. The van der Waals surface area contributed by atoms with Crippen LogP contribution < -0.4 is 5.32 Å². The van der Waals surface area contributed by atoms with Crippen LogP contribution in [0.3, 0.4) is 0 Å². The zero-order valence-corrected chi connectivity index (χ0v) is 11.8. The van der Waals surface area contributed by atoms with Crippen molar-refractivity contribution >= 4 is 56.4 Å². The highest BCUT2D eigenvalue weighted by atomic mass is 79.9. The molecule has 0 aliphatic carbocycles. The molecule has 0 bridgehead atoms. The lowest BCUT2D eigenvalue weighted by Crippen LogP contribution is -2.03. The van der Waals surface area contributed by atoms with Gasteiger partial charge < -0.3 is 5.32 Å². The first-order valence-electron chi connectivity index (χ1n) is 4.19. The molecule has 0 aliphatic rings. The van der Waals surface area contributed by atoms with Crippen molar-refractivity contribution in [3.8, 4) is 0 Å². The van der Waals surface area contributed by atoms with Gasteiger partial charge in [0, 0.05) is 16.6 Å². The van der Waals surface area contributed by atoms with E-state index in [0.717, 1.165) is 15.7 Å². The highest BCUT2D eigenvalue weighted by Crippen LogP contribution is 2.33. The van der Waals surface area contributed by atoms with E-state index in [9.17, 15) is 0 Å². The number of nitrogens with one attached hydrogen (secondary N) is 1. The average Bonchev–Trinajstić information content (AvgIpc) is 2.15. The van der Waals surface area contributed by atoms with E-state index in [2.05, 4.69) is 21.2 Å². The predicted molar refractivity (Wildman–Crippen MR) is 72.3 cm³/mol. The maximum absolute atomic E-state index is 6.03. The molecule has 82 valence electrons. The summed E-state index contributed by atoms with van der Waals surface area (Å²) < 4.78 is 0.854. The smallest absolute Gasteiger partial charge is 0.0722 e. The number of halogens is 4. The number of hydrogen-bond acceptors (Lipinski definition) is 1. The number of anilines is 1. The topological polar surface area (TPSA) is 12.0 Å². The lowest BCUT2D eigenvalue weighted by atomic mass is 10.3. The van der Waals surface area contributed by atoms with Gasteiger partial charge in [0.25, 0.3) is 0 Å². The van der Waals surface area contributed by atoms with Crippen LogP contribution in [0.5, 0.6) is 0 Å². The summed E-state index contributed by atoms with van der Waals surface area (Å²) in [6, 6.07) is 3.57. The molecule has 0 amide bonds. The molecule has 1 aromatic rings. The Kier molecular flexibility index (Phi) is 5.27. The minimum absolute atomic E-state index is 0.580. The van der Waals surface area contributed by atoms with E-state index in [0.29, 0.717) is 16.6 Å². The molecule has 0 aliphatic heterocycles. The van der Waals surface area contributed by atoms with Crippen molar-refractivity contribution < 1.29 is 0 Å². The van der Waals surface area contributed by atoms with E-state index < -0.39 is 0 Å². The molecular weight excluding hydrogens is 320 g/mol. The molecular formula is C10H9BrCl3N. The molecule has 0 radical (unpaired) electrons. The van der Waals surface area contributed by atoms with E-state index in [4.69, 9.17) is 34.8 Å². The van der Waals surface area contributed by atoms with Gasteiger partial charge in [-0.3, -0.25) is 0 Å². The van der Waals surface area contributed by atoms with Crippen LogP contribution in [-0.2, 0) is 0 Å². The van der Waals surface area contributed by atoms with Crippen molar-refractivity contribution in [1.29, 1.82) is 0 Å². The second-order valence-corrected chi connectivity index (χ2v) is 5.00. The molecule has 0 spiro atoms. The third-order valence-corrected chi connectivity index (χ3v) is 3.16. The molecule has 0 fully saturated rings. The second kappa shape index (κ2) is 6.00. The number of benzene rings is 1. The van der Waals surface area contributed by atoms with E-state index in [-0.39, 0.29) is 0 Å². The fourth-order valence-electron chi connectivity index (χ4n) is 0.977. The van der Waals surface area contributed by atoms with Gasteiger partial charge in [-0.1, -0.05) is 50.7 Å². The minimum Gasteiger partial charge on any atom is -0.379 e. The molecule has 0 heterocycles. The Bertz CT molecular complexity index is 367. The van der Waals surface area contributed by atoms with E-state index in [1.165, 1.54) is 5.54 Å². The molecule has 0 aromatic heterocycles. The first-order valence-corrected chi connectivity index (χ1v) is 6.17. The summed E-state index contributed by atoms with van der Waals surface area (Å²) in [5, 5.41) is 4.28. The van der Waals surface area contributed by atoms with Gasteiger partial charge in [-0.25, -0.2) is 0 Å². The largest absolute Gasteiger partial charge is 0.379 e. The van der Waals surface area contributed by atoms with Crippen molar-refractivity contribution in [3.05, 3.63) is 37.8 Å². The first kappa shape index (κ1) is 13.2. The molecule has 1 nitrogen and oxygen atoms in total. The molecule has 1 rings (SSSR count). The Labute approximate surface area is 113 Å². The highest BCUT2D eigenvalue weighted by molar-refractivity contribution is 9.10. The number of rotatable bonds is 3. The van der Waals surface area contributed by atoms with E-state index in [1.54, 1.807) is 12.1 Å². The van der Waals surface area contributed by atoms with Crippen LogP contribution in [0.25, 0.3) is 0 Å². The van der Waals surface area contributed by atoms with E-state index in [1.807, 2.05) is 6.92 Å². The van der Waals surface area contributed by atoms with Crippen molar-refractivity contribution in [2.24, 2.45) is 0 Å². The average molecular weight is 329 g/mol. The van der Waals surface area contributed by atoms with Gasteiger partial charge >= 0.3 is 0 Å². The van der Waals surface area contributed by atoms with Crippen LogP contribution in [0.2, 0.25) is 10.0 Å². The number of hydrogen-bond donors (Lipinski definition) is 1. The zero-order chi connectivity index (χ0) is 11.4. The van der Waals surface area contributed by atoms with Crippen molar-refractivity contribution in [2.75, 3.05) is 11.9 Å². The van der Waals surface area contributed by atoms with E-state index >= 15 is 0 Å². The van der Waals surface area contributed by atoms with Crippen LogP contribution >= 0.6 is 50.7 Å². The normalized spacial score (nSPS) is 11.7. The second-order valence-electron chi connectivity index (χ2n) is 3.05. The summed E-state index contributed by atoms with van der Waals surface area (Å²) in [6.07, 6.45) is 0. The lowest BCUT2D eigenvalue weighted by Gasteiger charge is -2.10. The fourth-order valence-corrected chi connectivity index (χ4v) is 2.40. The summed E-state index contributed by atoms with van der Waals surface area (Å²) in [6.45, 7) is 2.53. The summed E-state index contributed by atoms with van der Waals surface area (Å²) >= 11 is 20.9. The Balaban J connectivity index is 2.86. The van der Waals surface area contributed by atoms with Crippen LogP contribution in [0.15, 0.2) is 27.7 Å². The summed E-state index contributed by atoms with van der Waals surface area (Å²) in [7, 11) is 0. The monoisotopic (exact) mass is 327 g/mol. The van der Waals surface area contributed by atoms with Crippen LogP contribution in [0.1, 0.15) is 6.92 Å². The standard InChI is InChI=1S/C10H9BrCl3N/c1-6(4-12)5-15-10-8(13)2-7(11)3-9(10)14/h2-4,15H,5H2,1H3. The SMILES string of the molecule is CC(=CCl)CNc1c(Cl)cc(Br)cc1Cl. The Morgan fingerprint density at radius 2 is 1.93 bits per heavy atom. The Morgan fingerprint density at radius 1 is 1.40 bits per heavy atom. The van der Waals surface area contributed by atoms with Gasteiger partial charge in [0.05, 0.1) is 15.7 Å². The summed E-state index contributed by atoms with van der Waals surface area (Å²) in [5.41, 5.74) is 3.25. The molecule has 0 saturated heterocycles. The highest BCUT2D eigenvalue weighted by Gasteiger charge is 2.06. The zero-order valence-electron chi connectivity index (χ0n) is 7.95. The quantitative estimate of drug-likeness (QED) is 0.792. The Morgan fingerprint density at radius 3 is 2.40 bits per heavy atom. The van der Waals surface area contributed by atoms with Crippen molar-refractivity contribution in [1.82, 2.24) is 0 Å². The van der Waals surface area contributed by atoms with Crippen molar-refractivity contribution in [2.45, 2.75) is 6.92 Å². The molecule has 5 heteroatoms. The van der Waals surface area contributed by atoms with Crippen LogP contribution in [0, 0.1) is 0 Å². The van der Waals surface area contributed by atoms with Gasteiger partial charge in [0.15, 0.2) is 0 Å². The molecule has 0 atom stereocenters. The van der Waals surface area contributed by atoms with Gasteiger partial charge in [0.1, 0.15) is 0 Å². The lowest BCUT2D eigenvalue weighted by molar-refractivity contribution is 1.21. The maximum atomic E-state index is 6.03. The van der Waals surface area contributed by atoms with Crippen LogP contribution in [-0.4, -0.2) is 6.54 Å². The summed E-state index contributed by atoms with van der Waals surface area (Å²) in [4.78, 5) is 0. The van der Waals surface area contributed by atoms with Gasteiger partial charge in [-0.15, -0.1) is 0 Å². The molecule has 0 unspecified atom stereocenters. The molecule has 1 N–H and O–H groups in total. The minimum atomic E-state index is 0.580. The van der Waals surface area contributed by atoms with Gasteiger partial charge in [-0.2, -0.15) is 0 Å². The maximum Gasteiger partial charge on any atom is 0.0722 e.